The Morgan fingerprint density at radius 1 is 1.47 bits per heavy atom. The van der Waals surface area contributed by atoms with E-state index >= 15 is 0 Å². The summed E-state index contributed by atoms with van der Waals surface area (Å²) in [5.41, 5.74) is -0.223. The lowest BCUT2D eigenvalue weighted by Crippen LogP contribution is -2.49. The van der Waals surface area contributed by atoms with Crippen molar-refractivity contribution in [3.63, 3.8) is 0 Å². The number of aliphatic hydroxyl groups is 1. The van der Waals surface area contributed by atoms with Crippen LogP contribution in [0.3, 0.4) is 0 Å². The average Bonchev–Trinajstić information content (AvgIpc) is 2.21. The molecule has 4 heteroatoms. The molecule has 0 spiro atoms. The molecule has 0 heterocycles. The predicted molar refractivity (Wildman–Crippen MR) is 72.7 cm³/mol. The number of hydrogen-bond donors (Lipinski definition) is 2. The Morgan fingerprint density at radius 3 is 2.53 bits per heavy atom. The zero-order chi connectivity index (χ0) is 14.8. The molecule has 0 aromatic rings. The van der Waals surface area contributed by atoms with E-state index in [0.717, 1.165) is 6.08 Å². The van der Waals surface area contributed by atoms with Crippen molar-refractivity contribution in [1.29, 1.82) is 0 Å². The molecule has 0 bridgehead atoms. The summed E-state index contributed by atoms with van der Waals surface area (Å²) in [5, 5.41) is 19.6. The summed E-state index contributed by atoms with van der Waals surface area (Å²) in [6.07, 6.45) is 3.88. The number of carbonyl (C=O) groups is 2. The first kappa shape index (κ1) is 15.6. The van der Waals surface area contributed by atoms with Crippen molar-refractivity contribution >= 4 is 11.8 Å². The zero-order valence-electron chi connectivity index (χ0n) is 12.0. The van der Waals surface area contributed by atoms with Gasteiger partial charge < -0.3 is 10.2 Å². The minimum atomic E-state index is -1.06. The largest absolute Gasteiger partial charge is 0.478 e. The van der Waals surface area contributed by atoms with Gasteiger partial charge in [0.05, 0.1) is 5.60 Å². The fraction of sp³-hybridized carbons (Fsp3) is 0.600. The molecular weight excluding hydrogens is 244 g/mol. The fourth-order valence-electron chi connectivity index (χ4n) is 2.72. The first-order chi connectivity index (χ1) is 8.58. The van der Waals surface area contributed by atoms with Crippen LogP contribution in [-0.2, 0) is 9.59 Å². The number of carboxylic acid groups (broad SMARTS) is 1. The van der Waals surface area contributed by atoms with Gasteiger partial charge in [-0.05, 0) is 38.3 Å². The van der Waals surface area contributed by atoms with Gasteiger partial charge in [-0.3, -0.25) is 4.79 Å². The Kier molecular flexibility index (Phi) is 4.35. The third kappa shape index (κ3) is 3.32. The molecule has 0 aromatic carbocycles. The van der Waals surface area contributed by atoms with Crippen LogP contribution in [0.15, 0.2) is 23.3 Å². The van der Waals surface area contributed by atoms with Crippen LogP contribution in [0.1, 0.15) is 47.0 Å². The number of hydrogen-bond acceptors (Lipinski definition) is 3. The van der Waals surface area contributed by atoms with Gasteiger partial charge in [0, 0.05) is 17.9 Å². The molecule has 1 rings (SSSR count). The number of allylic oxidation sites excluding steroid dienone is 2. The molecule has 1 aliphatic carbocycles. The number of aliphatic carboxylic acids is 1. The lowest BCUT2D eigenvalue weighted by Gasteiger charge is -2.46. The molecule has 0 amide bonds. The minimum Gasteiger partial charge on any atom is -0.478 e. The summed E-state index contributed by atoms with van der Waals surface area (Å²) in [6, 6.07) is 0. The molecule has 0 saturated carbocycles. The molecule has 4 nitrogen and oxygen atoms in total. The van der Waals surface area contributed by atoms with E-state index in [1.807, 2.05) is 13.8 Å². The van der Waals surface area contributed by atoms with Gasteiger partial charge in [-0.25, -0.2) is 4.79 Å². The van der Waals surface area contributed by atoms with Crippen LogP contribution in [0, 0.1) is 5.41 Å². The number of carboxylic acids is 1. The first-order valence-corrected chi connectivity index (χ1v) is 6.42. The highest BCUT2D eigenvalue weighted by Gasteiger charge is 2.47. The van der Waals surface area contributed by atoms with E-state index in [4.69, 9.17) is 5.11 Å². The molecule has 0 aliphatic heterocycles. The molecule has 1 atom stereocenters. The number of carbonyl (C=O) groups excluding carboxylic acids is 1. The maximum absolute atomic E-state index is 11.6. The SMILES string of the molecule is CC1=CC(=O)CC(C)(C)[C@@]1(O)CC/C(C)=C\C(=O)O. The topological polar surface area (TPSA) is 74.6 Å². The van der Waals surface area contributed by atoms with Crippen LogP contribution in [0.5, 0.6) is 0 Å². The molecule has 0 saturated heterocycles. The van der Waals surface area contributed by atoms with Crippen molar-refractivity contribution in [2.75, 3.05) is 0 Å². The van der Waals surface area contributed by atoms with E-state index in [9.17, 15) is 14.7 Å². The van der Waals surface area contributed by atoms with E-state index in [2.05, 4.69) is 0 Å². The third-order valence-corrected chi connectivity index (χ3v) is 4.02. The van der Waals surface area contributed by atoms with Crippen LogP contribution < -0.4 is 0 Å². The van der Waals surface area contributed by atoms with Gasteiger partial charge in [0.2, 0.25) is 0 Å². The maximum atomic E-state index is 11.6. The van der Waals surface area contributed by atoms with Gasteiger partial charge in [0.15, 0.2) is 5.78 Å². The molecule has 2 N–H and O–H groups in total. The maximum Gasteiger partial charge on any atom is 0.328 e. The van der Waals surface area contributed by atoms with Crippen LogP contribution >= 0.6 is 0 Å². The summed E-state index contributed by atoms with van der Waals surface area (Å²) in [7, 11) is 0. The highest BCUT2D eigenvalue weighted by Crippen LogP contribution is 2.46. The lowest BCUT2D eigenvalue weighted by atomic mass is 9.63. The number of ketones is 1. The van der Waals surface area contributed by atoms with E-state index in [1.165, 1.54) is 6.08 Å². The Morgan fingerprint density at radius 2 is 2.05 bits per heavy atom. The summed E-state index contributed by atoms with van der Waals surface area (Å²) in [4.78, 5) is 22.2. The van der Waals surface area contributed by atoms with E-state index in [-0.39, 0.29) is 5.78 Å². The van der Waals surface area contributed by atoms with Crippen molar-refractivity contribution < 1.29 is 19.8 Å². The summed E-state index contributed by atoms with van der Waals surface area (Å²) >= 11 is 0. The Bertz CT molecular complexity index is 457. The quantitative estimate of drug-likeness (QED) is 0.766. The molecular formula is C15H22O4. The predicted octanol–water partition coefficient (Wildman–Crippen LogP) is 2.47. The minimum absolute atomic E-state index is 0.0324. The molecule has 0 unspecified atom stereocenters. The third-order valence-electron chi connectivity index (χ3n) is 4.02. The monoisotopic (exact) mass is 266 g/mol. The fourth-order valence-corrected chi connectivity index (χ4v) is 2.72. The van der Waals surface area contributed by atoms with Crippen LogP contribution in [0.4, 0.5) is 0 Å². The highest BCUT2D eigenvalue weighted by atomic mass is 16.4. The van der Waals surface area contributed by atoms with Gasteiger partial charge in [0.1, 0.15) is 0 Å². The Balaban J connectivity index is 2.93. The molecule has 0 aromatic heterocycles. The highest BCUT2D eigenvalue weighted by molar-refractivity contribution is 5.92. The van der Waals surface area contributed by atoms with Gasteiger partial charge in [0.25, 0.3) is 0 Å². The molecule has 0 fully saturated rings. The molecule has 0 radical (unpaired) electrons. The van der Waals surface area contributed by atoms with E-state index < -0.39 is 17.0 Å². The van der Waals surface area contributed by atoms with Crippen molar-refractivity contribution in [2.24, 2.45) is 5.41 Å². The van der Waals surface area contributed by atoms with Crippen LogP contribution in [-0.4, -0.2) is 27.6 Å². The van der Waals surface area contributed by atoms with Gasteiger partial charge in [-0.1, -0.05) is 19.4 Å². The average molecular weight is 266 g/mol. The van der Waals surface area contributed by atoms with Crippen LogP contribution in [0.2, 0.25) is 0 Å². The smallest absolute Gasteiger partial charge is 0.328 e. The lowest BCUT2D eigenvalue weighted by molar-refractivity contribution is -0.131. The second-order valence-corrected chi connectivity index (χ2v) is 6.04. The zero-order valence-corrected chi connectivity index (χ0v) is 12.0. The number of rotatable bonds is 4. The Hall–Kier alpha value is -1.42. The summed E-state index contributed by atoms with van der Waals surface area (Å²) in [5.74, 6) is -0.945. The second-order valence-electron chi connectivity index (χ2n) is 6.04. The normalized spacial score (nSPS) is 27.1. The van der Waals surface area contributed by atoms with Gasteiger partial charge >= 0.3 is 5.97 Å². The van der Waals surface area contributed by atoms with Gasteiger partial charge in [-0.2, -0.15) is 0 Å². The molecule has 19 heavy (non-hydrogen) atoms. The van der Waals surface area contributed by atoms with Crippen molar-refractivity contribution in [3.05, 3.63) is 23.3 Å². The second kappa shape index (κ2) is 5.29. The van der Waals surface area contributed by atoms with E-state index in [0.29, 0.717) is 30.4 Å². The standard InChI is InChI=1S/C15H22O4/c1-10(7-13(17)18)5-6-15(19)11(2)8-12(16)9-14(15,3)4/h7-8,19H,5-6,9H2,1-4H3,(H,17,18)/b10-7-/t15-/m1/s1. The summed E-state index contributed by atoms with van der Waals surface area (Å²) in [6.45, 7) is 7.24. The van der Waals surface area contributed by atoms with Crippen molar-refractivity contribution in [3.8, 4) is 0 Å². The molecule has 1 aliphatic rings. The summed E-state index contributed by atoms with van der Waals surface area (Å²) < 4.78 is 0. The van der Waals surface area contributed by atoms with E-state index in [1.54, 1.807) is 13.8 Å². The van der Waals surface area contributed by atoms with Crippen molar-refractivity contribution in [1.82, 2.24) is 0 Å². The van der Waals surface area contributed by atoms with Gasteiger partial charge in [-0.15, -0.1) is 0 Å². The Labute approximate surface area is 113 Å². The van der Waals surface area contributed by atoms with Crippen LogP contribution in [0.25, 0.3) is 0 Å². The first-order valence-electron chi connectivity index (χ1n) is 6.42. The van der Waals surface area contributed by atoms with Crippen molar-refractivity contribution in [2.45, 2.75) is 52.6 Å². The molecule has 106 valence electrons.